The minimum absolute atomic E-state index is 0.0725. The molecule has 5 nitrogen and oxygen atoms in total. The second kappa shape index (κ2) is 4.22. The summed E-state index contributed by atoms with van der Waals surface area (Å²) in [6.45, 7) is 2.00. The lowest BCUT2D eigenvalue weighted by atomic mass is 10.4. The third-order valence-electron chi connectivity index (χ3n) is 2.05. The topological polar surface area (TPSA) is 58.5 Å². The van der Waals surface area contributed by atoms with E-state index in [2.05, 4.69) is 20.3 Å². The summed E-state index contributed by atoms with van der Waals surface area (Å²) in [5, 5.41) is 3.17. The van der Waals surface area contributed by atoms with Crippen LogP contribution in [0.3, 0.4) is 0 Å². The first-order valence-electron chi connectivity index (χ1n) is 4.54. The second-order valence-corrected chi connectivity index (χ2v) is 3.53. The Morgan fingerprint density at radius 2 is 2.47 bits per heavy atom. The smallest absolute Gasteiger partial charge is 0.126 e. The number of thiocarbonyl (C=S) groups is 1. The zero-order chi connectivity index (χ0) is 10.7. The molecule has 6 heteroatoms. The standard InChI is InChI=1S/C9H11N5S/c1-7(14-3-2-10-6-14)13-9(15)8-4-11-5-12-8/h2-7H,1H3,(H,11,12)(H,13,15). The predicted molar refractivity (Wildman–Crippen MR) is 60.4 cm³/mol. The Balaban J connectivity index is 2.01. The Hall–Kier alpha value is -1.69. The highest BCUT2D eigenvalue weighted by Gasteiger charge is 2.07. The SMILES string of the molecule is CC(NC(=S)c1cnc[nH]1)n1ccnc1. The molecule has 0 radical (unpaired) electrons. The van der Waals surface area contributed by atoms with Gasteiger partial charge in [-0.25, -0.2) is 9.97 Å². The van der Waals surface area contributed by atoms with Gasteiger partial charge in [-0.2, -0.15) is 0 Å². The van der Waals surface area contributed by atoms with Crippen LogP contribution < -0.4 is 5.32 Å². The van der Waals surface area contributed by atoms with Gasteiger partial charge < -0.3 is 14.9 Å². The van der Waals surface area contributed by atoms with Crippen molar-refractivity contribution in [3.8, 4) is 0 Å². The number of aromatic nitrogens is 4. The summed E-state index contributed by atoms with van der Waals surface area (Å²) in [4.78, 5) is 11.5. The summed E-state index contributed by atoms with van der Waals surface area (Å²) in [6, 6.07) is 0. The molecule has 2 N–H and O–H groups in total. The third-order valence-corrected chi connectivity index (χ3v) is 2.39. The maximum atomic E-state index is 5.21. The van der Waals surface area contributed by atoms with Crippen LogP contribution in [0.4, 0.5) is 0 Å². The van der Waals surface area contributed by atoms with Crippen LogP contribution in [0.5, 0.6) is 0 Å². The number of imidazole rings is 2. The van der Waals surface area contributed by atoms with Crippen LogP contribution in [0.2, 0.25) is 0 Å². The molecule has 2 aromatic rings. The highest BCUT2D eigenvalue weighted by molar-refractivity contribution is 7.80. The first-order chi connectivity index (χ1) is 7.27. The Labute approximate surface area is 92.6 Å². The Morgan fingerprint density at radius 1 is 1.60 bits per heavy atom. The van der Waals surface area contributed by atoms with Crippen LogP contribution in [0.15, 0.2) is 31.2 Å². The van der Waals surface area contributed by atoms with Crippen LogP contribution in [0, 0.1) is 0 Å². The zero-order valence-corrected chi connectivity index (χ0v) is 9.03. The van der Waals surface area contributed by atoms with Crippen LogP contribution in [0.25, 0.3) is 0 Å². The van der Waals surface area contributed by atoms with Crippen molar-refractivity contribution < 1.29 is 0 Å². The highest BCUT2D eigenvalue weighted by Crippen LogP contribution is 2.02. The molecule has 0 aliphatic carbocycles. The molecule has 0 aromatic carbocycles. The average Bonchev–Trinajstić information content (AvgIpc) is 2.91. The fourth-order valence-corrected chi connectivity index (χ4v) is 1.50. The maximum Gasteiger partial charge on any atom is 0.126 e. The van der Waals surface area contributed by atoms with E-state index in [9.17, 15) is 0 Å². The van der Waals surface area contributed by atoms with Gasteiger partial charge in [-0.3, -0.25) is 0 Å². The van der Waals surface area contributed by atoms with Crippen LogP contribution in [-0.4, -0.2) is 24.5 Å². The quantitative estimate of drug-likeness (QED) is 0.762. The molecule has 2 heterocycles. The van der Waals surface area contributed by atoms with Crippen molar-refractivity contribution in [1.29, 1.82) is 0 Å². The molecular weight excluding hydrogens is 210 g/mol. The van der Waals surface area contributed by atoms with Gasteiger partial charge in [0.1, 0.15) is 11.2 Å². The first kappa shape index (κ1) is 9.85. The van der Waals surface area contributed by atoms with E-state index in [1.807, 2.05) is 17.7 Å². The molecule has 0 aliphatic heterocycles. The van der Waals surface area contributed by atoms with Crippen molar-refractivity contribution in [3.05, 3.63) is 36.9 Å². The lowest BCUT2D eigenvalue weighted by Gasteiger charge is -2.15. The molecule has 2 aromatic heterocycles. The third kappa shape index (κ3) is 2.21. The highest BCUT2D eigenvalue weighted by atomic mass is 32.1. The largest absolute Gasteiger partial charge is 0.354 e. The van der Waals surface area contributed by atoms with Gasteiger partial charge in [-0.05, 0) is 6.92 Å². The monoisotopic (exact) mass is 221 g/mol. The average molecular weight is 221 g/mol. The van der Waals surface area contributed by atoms with E-state index in [4.69, 9.17) is 12.2 Å². The van der Waals surface area contributed by atoms with Crippen LogP contribution in [-0.2, 0) is 0 Å². The van der Waals surface area contributed by atoms with Gasteiger partial charge >= 0.3 is 0 Å². The van der Waals surface area contributed by atoms with E-state index >= 15 is 0 Å². The van der Waals surface area contributed by atoms with E-state index in [-0.39, 0.29) is 6.17 Å². The van der Waals surface area contributed by atoms with Crippen LogP contribution >= 0.6 is 12.2 Å². The molecule has 1 atom stereocenters. The van der Waals surface area contributed by atoms with Gasteiger partial charge in [0, 0.05) is 12.4 Å². The Bertz CT molecular complexity index is 419. The van der Waals surface area contributed by atoms with E-state index in [1.54, 1.807) is 25.0 Å². The molecular formula is C9H11N5S. The molecule has 1 unspecified atom stereocenters. The zero-order valence-electron chi connectivity index (χ0n) is 8.21. The number of nitrogens with one attached hydrogen (secondary N) is 2. The summed E-state index contributed by atoms with van der Waals surface area (Å²) < 4.78 is 1.93. The lowest BCUT2D eigenvalue weighted by Crippen LogP contribution is -2.29. The van der Waals surface area contributed by atoms with Crippen molar-refractivity contribution in [1.82, 2.24) is 24.8 Å². The molecule has 0 spiro atoms. The number of aromatic amines is 1. The van der Waals surface area contributed by atoms with Crippen LogP contribution in [0.1, 0.15) is 18.8 Å². The molecule has 0 saturated carbocycles. The number of hydrogen-bond acceptors (Lipinski definition) is 3. The predicted octanol–water partition coefficient (Wildman–Crippen LogP) is 1.09. The number of hydrogen-bond donors (Lipinski definition) is 2. The first-order valence-corrected chi connectivity index (χ1v) is 4.95. The molecule has 0 bridgehead atoms. The van der Waals surface area contributed by atoms with Gasteiger partial charge in [0.2, 0.25) is 0 Å². The Kier molecular flexibility index (Phi) is 2.77. The molecule has 78 valence electrons. The molecule has 0 saturated heterocycles. The number of rotatable bonds is 3. The summed E-state index contributed by atoms with van der Waals surface area (Å²) in [5.41, 5.74) is 0.817. The Morgan fingerprint density at radius 3 is 3.07 bits per heavy atom. The number of nitrogens with zero attached hydrogens (tertiary/aromatic N) is 3. The van der Waals surface area contributed by atoms with Gasteiger partial charge in [-0.15, -0.1) is 0 Å². The van der Waals surface area contributed by atoms with Gasteiger partial charge in [0.25, 0.3) is 0 Å². The van der Waals surface area contributed by atoms with Crippen molar-refractivity contribution in [2.75, 3.05) is 0 Å². The second-order valence-electron chi connectivity index (χ2n) is 3.12. The van der Waals surface area contributed by atoms with Gasteiger partial charge in [0.05, 0.1) is 24.5 Å². The van der Waals surface area contributed by atoms with Gasteiger partial charge in [0.15, 0.2) is 0 Å². The summed E-state index contributed by atoms with van der Waals surface area (Å²) in [5.74, 6) is 0. The minimum atomic E-state index is 0.0725. The normalized spacial score (nSPS) is 12.3. The molecule has 0 aliphatic rings. The molecule has 15 heavy (non-hydrogen) atoms. The summed E-state index contributed by atoms with van der Waals surface area (Å²) in [7, 11) is 0. The van der Waals surface area contributed by atoms with E-state index in [0.717, 1.165) is 5.69 Å². The van der Waals surface area contributed by atoms with E-state index in [0.29, 0.717) is 4.99 Å². The molecule has 0 fully saturated rings. The van der Waals surface area contributed by atoms with Crippen molar-refractivity contribution >= 4 is 17.2 Å². The summed E-state index contributed by atoms with van der Waals surface area (Å²) in [6.07, 6.45) is 8.72. The summed E-state index contributed by atoms with van der Waals surface area (Å²) >= 11 is 5.21. The van der Waals surface area contributed by atoms with E-state index in [1.165, 1.54) is 0 Å². The van der Waals surface area contributed by atoms with Gasteiger partial charge in [-0.1, -0.05) is 12.2 Å². The van der Waals surface area contributed by atoms with Crippen molar-refractivity contribution in [2.24, 2.45) is 0 Å². The van der Waals surface area contributed by atoms with E-state index < -0.39 is 0 Å². The molecule has 2 rings (SSSR count). The fourth-order valence-electron chi connectivity index (χ4n) is 1.22. The fraction of sp³-hybridized carbons (Fsp3) is 0.222. The molecule has 0 amide bonds. The van der Waals surface area contributed by atoms with Crippen molar-refractivity contribution in [2.45, 2.75) is 13.1 Å². The minimum Gasteiger partial charge on any atom is -0.354 e. The lowest BCUT2D eigenvalue weighted by molar-refractivity contribution is 0.517. The maximum absolute atomic E-state index is 5.21. The van der Waals surface area contributed by atoms with Crippen molar-refractivity contribution in [3.63, 3.8) is 0 Å². The number of H-pyrrole nitrogens is 1.